The number of anilines is 1. The van der Waals surface area contributed by atoms with Crippen LogP contribution < -0.4 is 5.32 Å². The van der Waals surface area contributed by atoms with Crippen LogP contribution in [-0.2, 0) is 4.79 Å². The van der Waals surface area contributed by atoms with Crippen LogP contribution in [0.15, 0.2) is 54.6 Å². The summed E-state index contributed by atoms with van der Waals surface area (Å²) in [7, 11) is 0. The molecule has 0 aliphatic carbocycles. The molecule has 0 saturated carbocycles. The Morgan fingerprint density at radius 3 is 1.75 bits per heavy atom. The first kappa shape index (κ1) is 15.7. The van der Waals surface area contributed by atoms with Crippen molar-refractivity contribution in [2.45, 2.75) is 6.92 Å². The molecule has 3 aromatic rings. The van der Waals surface area contributed by atoms with Gasteiger partial charge in [0.2, 0.25) is 11.9 Å². The molecule has 0 fully saturated rings. The third-order valence-corrected chi connectivity index (χ3v) is 3.31. The normalized spacial score (nSPS) is 10.5. The quantitative estimate of drug-likeness (QED) is 0.790. The zero-order valence-electron chi connectivity index (χ0n) is 12.8. The van der Waals surface area contributed by atoms with E-state index in [1.807, 2.05) is 0 Å². The van der Waals surface area contributed by atoms with E-state index in [0.717, 1.165) is 0 Å². The number of rotatable bonds is 3. The van der Waals surface area contributed by atoms with Gasteiger partial charge in [0.05, 0.1) is 11.4 Å². The Balaban J connectivity index is 2.20. The molecule has 0 atom stereocenters. The van der Waals surface area contributed by atoms with Crippen LogP contribution in [0.5, 0.6) is 0 Å². The fourth-order valence-corrected chi connectivity index (χ4v) is 2.27. The van der Waals surface area contributed by atoms with E-state index >= 15 is 0 Å². The zero-order valence-corrected chi connectivity index (χ0v) is 12.8. The zero-order chi connectivity index (χ0) is 17.1. The summed E-state index contributed by atoms with van der Waals surface area (Å²) in [5.41, 5.74) is 0.989. The van der Waals surface area contributed by atoms with E-state index in [0.29, 0.717) is 0 Å². The lowest BCUT2D eigenvalue weighted by molar-refractivity contribution is -0.114. The summed E-state index contributed by atoms with van der Waals surface area (Å²) < 4.78 is 28.1. The highest BCUT2D eigenvalue weighted by Crippen LogP contribution is 2.28. The molecule has 0 spiro atoms. The van der Waals surface area contributed by atoms with Crippen LogP contribution in [0.4, 0.5) is 14.7 Å². The van der Waals surface area contributed by atoms with E-state index in [4.69, 9.17) is 0 Å². The molecule has 3 rings (SSSR count). The van der Waals surface area contributed by atoms with Crippen molar-refractivity contribution in [3.8, 4) is 22.5 Å². The van der Waals surface area contributed by atoms with E-state index < -0.39 is 11.6 Å². The minimum atomic E-state index is -0.468. The minimum absolute atomic E-state index is 0.0125. The lowest BCUT2D eigenvalue weighted by Gasteiger charge is -2.10. The highest BCUT2D eigenvalue weighted by atomic mass is 19.1. The topological polar surface area (TPSA) is 54.9 Å². The van der Waals surface area contributed by atoms with E-state index in [-0.39, 0.29) is 34.4 Å². The molecule has 6 heteroatoms. The van der Waals surface area contributed by atoms with Crippen LogP contribution >= 0.6 is 0 Å². The number of aromatic nitrogens is 2. The van der Waals surface area contributed by atoms with Gasteiger partial charge in [0, 0.05) is 18.1 Å². The third kappa shape index (κ3) is 3.27. The highest BCUT2D eigenvalue weighted by molar-refractivity contribution is 5.87. The number of halogens is 2. The van der Waals surface area contributed by atoms with Crippen LogP contribution in [0.3, 0.4) is 0 Å². The summed E-state index contributed by atoms with van der Waals surface area (Å²) in [6, 6.07) is 13.7. The monoisotopic (exact) mass is 325 g/mol. The lowest BCUT2D eigenvalue weighted by Crippen LogP contribution is -2.10. The number of hydrogen-bond acceptors (Lipinski definition) is 3. The molecular formula is C18H13F2N3O. The molecule has 1 N–H and O–H groups in total. The number of carbonyl (C=O) groups is 1. The largest absolute Gasteiger partial charge is 0.295 e. The maximum atomic E-state index is 14.1. The summed E-state index contributed by atoms with van der Waals surface area (Å²) in [5, 5.41) is 2.46. The average molecular weight is 325 g/mol. The van der Waals surface area contributed by atoms with Crippen molar-refractivity contribution in [1.82, 2.24) is 9.97 Å². The molecule has 0 unspecified atom stereocenters. The Bertz CT molecular complexity index is 849. The molecule has 1 aromatic heterocycles. The van der Waals surface area contributed by atoms with Crippen molar-refractivity contribution in [3.63, 3.8) is 0 Å². The van der Waals surface area contributed by atoms with E-state index in [2.05, 4.69) is 15.3 Å². The molecule has 0 bridgehead atoms. The van der Waals surface area contributed by atoms with Crippen molar-refractivity contribution in [1.29, 1.82) is 0 Å². The molecule has 24 heavy (non-hydrogen) atoms. The molecule has 4 nitrogen and oxygen atoms in total. The highest BCUT2D eigenvalue weighted by Gasteiger charge is 2.14. The van der Waals surface area contributed by atoms with Crippen molar-refractivity contribution in [2.24, 2.45) is 0 Å². The predicted octanol–water partition coefficient (Wildman–Crippen LogP) is 4.05. The molecule has 120 valence electrons. The number of carbonyl (C=O) groups excluding carboxylic acids is 1. The summed E-state index contributed by atoms with van der Waals surface area (Å²) in [6.07, 6.45) is 0. The maximum Gasteiger partial charge on any atom is 0.230 e. The third-order valence-electron chi connectivity index (χ3n) is 3.31. The van der Waals surface area contributed by atoms with Gasteiger partial charge in [-0.1, -0.05) is 24.3 Å². The SMILES string of the molecule is CC(=O)Nc1nc(-c2ccccc2F)cc(-c2ccccc2F)n1. The maximum absolute atomic E-state index is 14.1. The van der Waals surface area contributed by atoms with Gasteiger partial charge in [0.15, 0.2) is 0 Å². The first-order chi connectivity index (χ1) is 11.5. The van der Waals surface area contributed by atoms with Crippen LogP contribution in [0.2, 0.25) is 0 Å². The van der Waals surface area contributed by atoms with Crippen molar-refractivity contribution in [3.05, 3.63) is 66.2 Å². The second kappa shape index (κ2) is 6.54. The Kier molecular flexibility index (Phi) is 4.29. The lowest BCUT2D eigenvalue weighted by atomic mass is 10.1. The van der Waals surface area contributed by atoms with Gasteiger partial charge < -0.3 is 0 Å². The first-order valence-electron chi connectivity index (χ1n) is 7.21. The molecule has 0 radical (unpaired) electrons. The second-order valence-electron chi connectivity index (χ2n) is 5.10. The minimum Gasteiger partial charge on any atom is -0.295 e. The molecule has 0 saturated heterocycles. The number of nitrogens with one attached hydrogen (secondary N) is 1. The van der Waals surface area contributed by atoms with Crippen molar-refractivity contribution >= 4 is 11.9 Å². The van der Waals surface area contributed by atoms with E-state index in [1.165, 1.54) is 25.1 Å². The van der Waals surface area contributed by atoms with Gasteiger partial charge in [-0.15, -0.1) is 0 Å². The van der Waals surface area contributed by atoms with E-state index in [1.54, 1.807) is 36.4 Å². The van der Waals surface area contributed by atoms with Gasteiger partial charge >= 0.3 is 0 Å². The molecule has 0 aliphatic rings. The van der Waals surface area contributed by atoms with Crippen LogP contribution in [0, 0.1) is 11.6 Å². The molecule has 1 amide bonds. The predicted molar refractivity (Wildman–Crippen MR) is 87.1 cm³/mol. The smallest absolute Gasteiger partial charge is 0.230 e. The summed E-state index contributed by atoms with van der Waals surface area (Å²) >= 11 is 0. The molecule has 0 aliphatic heterocycles. The van der Waals surface area contributed by atoms with Gasteiger partial charge in [-0.2, -0.15) is 0 Å². The van der Waals surface area contributed by atoms with Gasteiger partial charge in [0.25, 0.3) is 0 Å². The fourth-order valence-electron chi connectivity index (χ4n) is 2.27. The first-order valence-corrected chi connectivity index (χ1v) is 7.21. The standard InChI is InChI=1S/C18H13F2N3O/c1-11(24)21-18-22-16(12-6-2-4-8-14(12)19)10-17(23-18)13-7-3-5-9-15(13)20/h2-10H,1H3,(H,21,22,23,24). The van der Waals surface area contributed by atoms with Gasteiger partial charge in [0.1, 0.15) is 11.6 Å². The van der Waals surface area contributed by atoms with Gasteiger partial charge in [-0.05, 0) is 30.3 Å². The van der Waals surface area contributed by atoms with Crippen LogP contribution in [0.25, 0.3) is 22.5 Å². The Morgan fingerprint density at radius 2 is 1.33 bits per heavy atom. The number of hydrogen-bond donors (Lipinski definition) is 1. The number of nitrogens with zero attached hydrogens (tertiary/aromatic N) is 2. The summed E-state index contributed by atoms with van der Waals surface area (Å²) in [6.45, 7) is 1.31. The Morgan fingerprint density at radius 1 is 0.875 bits per heavy atom. The molecule has 1 heterocycles. The Labute approximate surface area is 137 Å². The van der Waals surface area contributed by atoms with Crippen molar-refractivity contribution < 1.29 is 13.6 Å². The average Bonchev–Trinajstić information content (AvgIpc) is 2.55. The van der Waals surface area contributed by atoms with E-state index in [9.17, 15) is 13.6 Å². The number of amides is 1. The van der Waals surface area contributed by atoms with Crippen molar-refractivity contribution in [2.75, 3.05) is 5.32 Å². The summed E-state index contributed by atoms with van der Waals surface area (Å²) in [5.74, 6) is -1.32. The Hall–Kier alpha value is -3.15. The molecular weight excluding hydrogens is 312 g/mol. The van der Waals surface area contributed by atoms with Crippen LogP contribution in [-0.4, -0.2) is 15.9 Å². The molecule has 2 aromatic carbocycles. The number of benzene rings is 2. The second-order valence-corrected chi connectivity index (χ2v) is 5.10. The van der Waals surface area contributed by atoms with Gasteiger partial charge in [-0.25, -0.2) is 18.7 Å². The fraction of sp³-hybridized carbons (Fsp3) is 0.0556. The summed E-state index contributed by atoms with van der Waals surface area (Å²) in [4.78, 5) is 19.6. The van der Waals surface area contributed by atoms with Gasteiger partial charge in [-0.3, -0.25) is 10.1 Å². The van der Waals surface area contributed by atoms with Crippen LogP contribution in [0.1, 0.15) is 6.92 Å².